The molecule has 1 amide bonds. The van der Waals surface area contributed by atoms with Gasteiger partial charge >= 0.3 is 0 Å². The minimum Gasteiger partial charge on any atom is -0.489 e. The average Bonchev–Trinajstić information content (AvgIpc) is 3.16. The molecule has 1 unspecified atom stereocenters. The largest absolute Gasteiger partial charge is 0.489 e. The quantitative estimate of drug-likeness (QED) is 0.456. The summed E-state index contributed by atoms with van der Waals surface area (Å²) in [4.78, 5) is 22.8. The number of aromatic amines is 1. The third kappa shape index (κ3) is 5.83. The fourth-order valence-corrected chi connectivity index (χ4v) is 4.55. The van der Waals surface area contributed by atoms with Gasteiger partial charge in [0.15, 0.2) is 11.5 Å². The van der Waals surface area contributed by atoms with Crippen LogP contribution in [0.1, 0.15) is 38.3 Å². The van der Waals surface area contributed by atoms with Crippen molar-refractivity contribution in [3.05, 3.63) is 52.8 Å². The van der Waals surface area contributed by atoms with E-state index in [1.54, 1.807) is 6.20 Å². The van der Waals surface area contributed by atoms with Crippen LogP contribution in [0.5, 0.6) is 11.5 Å². The molecule has 0 saturated heterocycles. The van der Waals surface area contributed by atoms with Gasteiger partial charge in [0.1, 0.15) is 5.65 Å². The first-order valence-electron chi connectivity index (χ1n) is 11.9. The van der Waals surface area contributed by atoms with Gasteiger partial charge in [0.2, 0.25) is 5.91 Å². The molecular weight excluding hydrogens is 452 g/mol. The number of hydrogen-bond donors (Lipinski definition) is 2. The first-order chi connectivity index (χ1) is 16.4. The number of H-pyrrole nitrogens is 1. The highest BCUT2D eigenvalue weighted by Gasteiger charge is 2.23. The van der Waals surface area contributed by atoms with Crippen molar-refractivity contribution in [2.75, 3.05) is 26.3 Å². The molecule has 1 aliphatic rings. The minimum atomic E-state index is -0.168. The maximum absolute atomic E-state index is 13.4. The van der Waals surface area contributed by atoms with Gasteiger partial charge in [-0.25, -0.2) is 4.98 Å². The maximum atomic E-state index is 13.4. The molecule has 3 aromatic rings. The van der Waals surface area contributed by atoms with Crippen LogP contribution in [0.25, 0.3) is 11.0 Å². The van der Waals surface area contributed by atoms with Gasteiger partial charge in [0.25, 0.3) is 0 Å². The third-order valence-corrected chi connectivity index (χ3v) is 6.15. The Morgan fingerprint density at radius 3 is 2.88 bits per heavy atom. The number of pyridine rings is 1. The number of nitrogens with one attached hydrogen (secondary N) is 2. The van der Waals surface area contributed by atoms with Crippen LogP contribution in [0.3, 0.4) is 0 Å². The molecule has 0 bridgehead atoms. The highest BCUT2D eigenvalue weighted by Crippen LogP contribution is 2.38. The van der Waals surface area contributed by atoms with E-state index in [0.29, 0.717) is 61.8 Å². The summed E-state index contributed by atoms with van der Waals surface area (Å²) in [6.45, 7) is 9.81. The molecule has 182 valence electrons. The summed E-state index contributed by atoms with van der Waals surface area (Å²) in [7, 11) is 0. The molecule has 0 saturated carbocycles. The lowest BCUT2D eigenvalue weighted by Crippen LogP contribution is -2.40. The zero-order chi connectivity index (χ0) is 24.1. The van der Waals surface area contributed by atoms with Crippen molar-refractivity contribution in [2.45, 2.75) is 40.3 Å². The molecule has 0 radical (unpaired) electrons. The molecule has 2 aromatic heterocycles. The Morgan fingerprint density at radius 2 is 2.06 bits per heavy atom. The number of halogens is 1. The van der Waals surface area contributed by atoms with E-state index in [2.05, 4.69) is 29.1 Å². The summed E-state index contributed by atoms with van der Waals surface area (Å²) in [5.74, 6) is 1.54. The molecule has 34 heavy (non-hydrogen) atoms. The Kier molecular flexibility index (Phi) is 7.95. The fourth-order valence-electron chi connectivity index (χ4n) is 4.26. The van der Waals surface area contributed by atoms with Crippen LogP contribution in [-0.2, 0) is 17.9 Å². The van der Waals surface area contributed by atoms with E-state index in [-0.39, 0.29) is 11.8 Å². The van der Waals surface area contributed by atoms with Gasteiger partial charge in [-0.3, -0.25) is 4.79 Å². The molecule has 0 fully saturated rings. The number of aromatic nitrogens is 2. The maximum Gasteiger partial charge on any atom is 0.226 e. The van der Waals surface area contributed by atoms with E-state index in [0.717, 1.165) is 28.6 Å². The lowest BCUT2D eigenvalue weighted by atomic mass is 10.1. The van der Waals surface area contributed by atoms with Crippen molar-refractivity contribution < 1.29 is 14.3 Å². The molecule has 4 rings (SSSR count). The van der Waals surface area contributed by atoms with Crippen LogP contribution in [0.2, 0.25) is 5.02 Å². The summed E-state index contributed by atoms with van der Waals surface area (Å²) >= 11 is 6.49. The van der Waals surface area contributed by atoms with E-state index < -0.39 is 0 Å². The average molecular weight is 485 g/mol. The second-order valence-electron chi connectivity index (χ2n) is 9.31. The Balaban J connectivity index is 1.41. The van der Waals surface area contributed by atoms with Gasteiger partial charge in [0, 0.05) is 56.3 Å². The van der Waals surface area contributed by atoms with Crippen molar-refractivity contribution in [2.24, 2.45) is 11.8 Å². The number of nitrogens with zero attached hydrogens (tertiary/aromatic N) is 2. The van der Waals surface area contributed by atoms with E-state index in [1.807, 2.05) is 42.3 Å². The van der Waals surface area contributed by atoms with Gasteiger partial charge in [0.05, 0.1) is 18.2 Å². The number of amides is 1. The summed E-state index contributed by atoms with van der Waals surface area (Å²) in [5, 5.41) is 5.07. The first-order valence-corrected chi connectivity index (χ1v) is 12.3. The van der Waals surface area contributed by atoms with Crippen molar-refractivity contribution in [1.82, 2.24) is 20.2 Å². The van der Waals surface area contributed by atoms with Crippen LogP contribution >= 0.6 is 11.6 Å². The summed E-state index contributed by atoms with van der Waals surface area (Å²) < 4.78 is 11.6. The molecule has 7 nitrogen and oxygen atoms in total. The first kappa shape index (κ1) is 24.4. The molecule has 0 spiro atoms. The van der Waals surface area contributed by atoms with Gasteiger partial charge in [-0.1, -0.05) is 32.4 Å². The highest BCUT2D eigenvalue weighted by molar-refractivity contribution is 6.32. The zero-order valence-electron chi connectivity index (χ0n) is 20.1. The Bertz CT molecular complexity index is 1130. The second kappa shape index (κ2) is 11.1. The fraction of sp³-hybridized carbons (Fsp3) is 0.462. The van der Waals surface area contributed by atoms with E-state index in [1.165, 1.54) is 0 Å². The standard InChI is InChI=1S/C26H33ClN4O3/c1-17(2)15-31(16-19-11-22(27)24-23(12-19)33-9-4-10-34-24)26(32)18(3)13-28-14-20-5-7-29-25-21(20)6-8-30-25/h5-8,11-12,17-18,28H,4,9-10,13-16H2,1-3H3,(H,29,30). The van der Waals surface area contributed by atoms with Crippen LogP contribution < -0.4 is 14.8 Å². The van der Waals surface area contributed by atoms with Crippen LogP contribution in [-0.4, -0.2) is 47.1 Å². The number of ether oxygens (including phenoxy) is 2. The zero-order valence-corrected chi connectivity index (χ0v) is 20.8. The van der Waals surface area contributed by atoms with Gasteiger partial charge in [-0.2, -0.15) is 0 Å². The Hall–Kier alpha value is -2.77. The predicted molar refractivity (Wildman–Crippen MR) is 134 cm³/mol. The van der Waals surface area contributed by atoms with Crippen molar-refractivity contribution in [3.8, 4) is 11.5 Å². The highest BCUT2D eigenvalue weighted by atomic mass is 35.5. The second-order valence-corrected chi connectivity index (χ2v) is 9.72. The molecular formula is C26H33ClN4O3. The number of carbonyl (C=O) groups excluding carboxylic acids is 1. The van der Waals surface area contributed by atoms with Gasteiger partial charge in [-0.05, 0) is 41.3 Å². The molecule has 1 aliphatic heterocycles. The van der Waals surface area contributed by atoms with Gasteiger partial charge < -0.3 is 24.7 Å². The van der Waals surface area contributed by atoms with Crippen molar-refractivity contribution in [3.63, 3.8) is 0 Å². The lowest BCUT2D eigenvalue weighted by molar-refractivity contribution is -0.136. The minimum absolute atomic E-state index is 0.117. The van der Waals surface area contributed by atoms with Crippen molar-refractivity contribution >= 4 is 28.5 Å². The smallest absolute Gasteiger partial charge is 0.226 e. The van der Waals surface area contributed by atoms with Crippen molar-refractivity contribution in [1.29, 1.82) is 0 Å². The Labute approximate surface area is 205 Å². The van der Waals surface area contributed by atoms with Crippen LogP contribution in [0.15, 0.2) is 36.7 Å². The molecule has 8 heteroatoms. The number of rotatable bonds is 9. The Morgan fingerprint density at radius 1 is 1.24 bits per heavy atom. The predicted octanol–water partition coefficient (Wildman–Crippen LogP) is 4.79. The summed E-state index contributed by atoms with van der Waals surface area (Å²) in [6.07, 6.45) is 4.51. The summed E-state index contributed by atoms with van der Waals surface area (Å²) in [5.41, 5.74) is 2.97. The summed E-state index contributed by atoms with van der Waals surface area (Å²) in [6, 6.07) is 7.86. The number of benzene rings is 1. The molecule has 3 heterocycles. The van der Waals surface area contributed by atoms with Crippen LogP contribution in [0.4, 0.5) is 0 Å². The number of carbonyl (C=O) groups is 1. The van der Waals surface area contributed by atoms with E-state index in [9.17, 15) is 4.79 Å². The van der Waals surface area contributed by atoms with Crippen LogP contribution in [0, 0.1) is 11.8 Å². The van der Waals surface area contributed by atoms with E-state index in [4.69, 9.17) is 21.1 Å². The monoisotopic (exact) mass is 484 g/mol. The normalized spacial score (nSPS) is 14.3. The van der Waals surface area contributed by atoms with E-state index >= 15 is 0 Å². The molecule has 1 aromatic carbocycles. The number of fused-ring (bicyclic) bond motifs is 2. The molecule has 0 aliphatic carbocycles. The third-order valence-electron chi connectivity index (χ3n) is 5.87. The molecule has 1 atom stereocenters. The number of hydrogen-bond acceptors (Lipinski definition) is 5. The lowest BCUT2D eigenvalue weighted by Gasteiger charge is -2.28. The van der Waals surface area contributed by atoms with Gasteiger partial charge in [-0.15, -0.1) is 0 Å². The topological polar surface area (TPSA) is 79.5 Å². The SMILES string of the molecule is CC(C)CN(Cc1cc(Cl)c2c(c1)OCCCO2)C(=O)C(C)CNCc1ccnc2[nH]ccc12. The molecule has 2 N–H and O–H groups in total.